The number of carboxylic acid groups (broad SMARTS) is 1. The van der Waals surface area contributed by atoms with Crippen LogP contribution in [0.5, 0.6) is 0 Å². The van der Waals surface area contributed by atoms with Gasteiger partial charge in [-0.1, -0.05) is 42.5 Å². The van der Waals surface area contributed by atoms with E-state index in [0.717, 1.165) is 10.5 Å². The van der Waals surface area contributed by atoms with Crippen molar-refractivity contribution >= 4 is 23.8 Å². The van der Waals surface area contributed by atoms with Crippen LogP contribution in [0.2, 0.25) is 0 Å². The van der Waals surface area contributed by atoms with Crippen molar-refractivity contribution in [3.8, 4) is 0 Å². The number of amides is 3. The minimum absolute atomic E-state index is 0.0459. The molecule has 3 amide bonds. The number of carbonyl (C=O) groups excluding carboxylic acids is 2. The number of nitrogens with zero attached hydrogens (tertiary/aromatic N) is 2. The van der Waals surface area contributed by atoms with Gasteiger partial charge in [-0.05, 0) is 36.1 Å². The summed E-state index contributed by atoms with van der Waals surface area (Å²) in [6, 6.07) is 15.8. The number of rotatable bonds is 5. The molecule has 0 unspecified atom stereocenters. The highest BCUT2D eigenvalue weighted by molar-refractivity contribution is 6.13. The van der Waals surface area contributed by atoms with Crippen LogP contribution < -0.4 is 10.2 Å². The van der Waals surface area contributed by atoms with Crippen LogP contribution >= 0.6 is 0 Å². The fourth-order valence-electron chi connectivity index (χ4n) is 4.03. The van der Waals surface area contributed by atoms with E-state index in [4.69, 9.17) is 9.84 Å². The number of nitrogens with one attached hydrogen (secondary N) is 1. The van der Waals surface area contributed by atoms with Crippen molar-refractivity contribution in [2.45, 2.75) is 25.0 Å². The molecule has 0 bridgehead atoms. The van der Waals surface area contributed by atoms with E-state index < -0.39 is 17.8 Å². The molecule has 33 heavy (non-hydrogen) atoms. The predicted molar refractivity (Wildman–Crippen MR) is 120 cm³/mol. The van der Waals surface area contributed by atoms with Gasteiger partial charge in [-0.3, -0.25) is 4.79 Å². The van der Waals surface area contributed by atoms with E-state index in [1.807, 2.05) is 30.3 Å². The second-order valence-corrected chi connectivity index (χ2v) is 8.42. The molecule has 0 saturated carbocycles. The van der Waals surface area contributed by atoms with E-state index >= 15 is 0 Å². The third kappa shape index (κ3) is 4.99. The van der Waals surface area contributed by atoms with E-state index in [0.29, 0.717) is 24.3 Å². The topological polar surface area (TPSA) is 119 Å². The molecule has 3 N–H and O–H groups in total. The second-order valence-electron chi connectivity index (χ2n) is 8.42. The van der Waals surface area contributed by atoms with Crippen molar-refractivity contribution in [2.24, 2.45) is 5.92 Å². The lowest BCUT2D eigenvalue weighted by Crippen LogP contribution is -2.53. The third-order valence-electron chi connectivity index (χ3n) is 6.26. The molecule has 4 rings (SSSR count). The number of anilines is 1. The highest BCUT2D eigenvalue weighted by Gasteiger charge is 2.37. The maximum atomic E-state index is 13.0. The van der Waals surface area contributed by atoms with Crippen molar-refractivity contribution < 1.29 is 29.3 Å². The predicted octanol–water partition coefficient (Wildman–Crippen LogP) is 2.54. The van der Waals surface area contributed by atoms with Crippen LogP contribution in [-0.4, -0.2) is 59.4 Å². The van der Waals surface area contributed by atoms with Gasteiger partial charge in [0.15, 0.2) is 0 Å². The molecule has 2 aliphatic rings. The number of piperidine rings is 1. The first-order valence-corrected chi connectivity index (χ1v) is 10.9. The van der Waals surface area contributed by atoms with Crippen LogP contribution in [0, 0.1) is 5.92 Å². The van der Waals surface area contributed by atoms with Gasteiger partial charge in [0.1, 0.15) is 6.61 Å². The molecule has 2 fully saturated rings. The minimum atomic E-state index is -1.16. The van der Waals surface area contributed by atoms with Crippen molar-refractivity contribution in [1.29, 1.82) is 0 Å². The average molecular weight is 453 g/mol. The van der Waals surface area contributed by atoms with Crippen LogP contribution in [0.4, 0.5) is 15.3 Å². The van der Waals surface area contributed by atoms with Gasteiger partial charge in [0, 0.05) is 26.2 Å². The van der Waals surface area contributed by atoms with Gasteiger partial charge in [0.25, 0.3) is 0 Å². The highest BCUT2D eigenvalue weighted by atomic mass is 16.6. The molecule has 2 aromatic carbocycles. The molecule has 9 heteroatoms. The molecule has 0 radical (unpaired) electrons. The smallest absolute Gasteiger partial charge is 0.421 e. The number of carbonyl (C=O) groups is 3. The lowest BCUT2D eigenvalue weighted by molar-refractivity contribution is -0.123. The molecule has 2 aliphatic heterocycles. The summed E-state index contributed by atoms with van der Waals surface area (Å²) in [5, 5.41) is 23.2. The highest BCUT2D eigenvalue weighted by Crippen LogP contribution is 2.34. The summed E-state index contributed by atoms with van der Waals surface area (Å²) in [5.74, 6) is -0.647. The lowest BCUT2D eigenvalue weighted by Gasteiger charge is -2.37. The third-order valence-corrected chi connectivity index (χ3v) is 6.26. The van der Waals surface area contributed by atoms with Gasteiger partial charge < -0.3 is 25.2 Å². The number of aliphatic hydroxyl groups is 1. The Morgan fingerprint density at radius 3 is 2.21 bits per heavy atom. The molecule has 2 saturated heterocycles. The zero-order valence-electron chi connectivity index (χ0n) is 18.1. The van der Waals surface area contributed by atoms with Gasteiger partial charge in [0.2, 0.25) is 5.91 Å². The summed E-state index contributed by atoms with van der Waals surface area (Å²) < 4.78 is 5.42. The number of hydrogen-bond donors (Lipinski definition) is 3. The normalized spacial score (nSPS) is 17.7. The summed E-state index contributed by atoms with van der Waals surface area (Å²) in [5.41, 5.74) is 0.631. The number of ether oxygens (including phenoxy) is 1. The van der Waals surface area contributed by atoms with E-state index in [-0.39, 0.29) is 44.4 Å². The van der Waals surface area contributed by atoms with E-state index in [9.17, 15) is 19.5 Å². The maximum absolute atomic E-state index is 13.0. The molecule has 174 valence electrons. The summed E-state index contributed by atoms with van der Waals surface area (Å²) in [6.45, 7) is 1.51. The van der Waals surface area contributed by atoms with Gasteiger partial charge in [-0.2, -0.15) is 0 Å². The Kier molecular flexibility index (Phi) is 6.62. The molecular weight excluding hydrogens is 426 g/mol. The van der Waals surface area contributed by atoms with Crippen LogP contribution in [0.3, 0.4) is 0 Å². The SMILES string of the molecule is O=C(O)N1CCC(O)(c2ccc(N(C(=O)OCc3ccccc3)C(=O)C3CNC3)cc2)CC1. The number of likely N-dealkylation sites (tertiary alicyclic amines) is 1. The Morgan fingerprint density at radius 1 is 1.03 bits per heavy atom. The maximum Gasteiger partial charge on any atom is 0.421 e. The lowest BCUT2D eigenvalue weighted by atomic mass is 9.84. The monoisotopic (exact) mass is 453 g/mol. The molecule has 0 aromatic heterocycles. The number of hydrogen-bond acceptors (Lipinski definition) is 6. The standard InChI is InChI=1S/C24H27N3O6/c28-21(18-14-25-15-18)27(23(31)33-16-17-4-2-1-3-5-17)20-8-6-19(7-9-20)24(32)10-12-26(13-11-24)22(29)30/h1-9,18,25,32H,10-16H2,(H,29,30). The Morgan fingerprint density at radius 2 is 1.67 bits per heavy atom. The van der Waals surface area contributed by atoms with Gasteiger partial charge in [-0.25, -0.2) is 14.5 Å². The fraction of sp³-hybridized carbons (Fsp3) is 0.375. The van der Waals surface area contributed by atoms with Gasteiger partial charge in [-0.15, -0.1) is 0 Å². The van der Waals surface area contributed by atoms with Crippen LogP contribution in [0.25, 0.3) is 0 Å². The first-order chi connectivity index (χ1) is 15.9. The molecule has 0 aliphatic carbocycles. The van der Waals surface area contributed by atoms with E-state index in [1.54, 1.807) is 24.3 Å². The molecule has 0 spiro atoms. The van der Waals surface area contributed by atoms with Crippen molar-refractivity contribution in [3.05, 3.63) is 65.7 Å². The first-order valence-electron chi connectivity index (χ1n) is 10.9. The zero-order chi connectivity index (χ0) is 23.4. The van der Waals surface area contributed by atoms with Crippen LogP contribution in [-0.2, 0) is 21.7 Å². The quantitative estimate of drug-likeness (QED) is 0.636. The number of imide groups is 1. The Balaban J connectivity index is 1.50. The van der Waals surface area contributed by atoms with E-state index in [2.05, 4.69) is 5.32 Å². The van der Waals surface area contributed by atoms with Crippen molar-refractivity contribution in [1.82, 2.24) is 10.2 Å². The van der Waals surface area contributed by atoms with E-state index in [1.165, 1.54) is 4.90 Å². The van der Waals surface area contributed by atoms with Crippen molar-refractivity contribution in [2.75, 3.05) is 31.1 Å². The van der Waals surface area contributed by atoms with Crippen LogP contribution in [0.15, 0.2) is 54.6 Å². The molecule has 2 aromatic rings. The Hall–Kier alpha value is -3.43. The van der Waals surface area contributed by atoms with Gasteiger partial charge in [0.05, 0.1) is 17.2 Å². The minimum Gasteiger partial charge on any atom is -0.465 e. The Bertz CT molecular complexity index is 999. The molecular formula is C24H27N3O6. The molecule has 0 atom stereocenters. The largest absolute Gasteiger partial charge is 0.465 e. The number of benzene rings is 2. The Labute approximate surface area is 191 Å². The summed E-state index contributed by atoms with van der Waals surface area (Å²) in [6.07, 6.45) is -1.21. The average Bonchev–Trinajstić information content (AvgIpc) is 2.78. The van der Waals surface area contributed by atoms with Crippen LogP contribution in [0.1, 0.15) is 24.0 Å². The molecule has 2 heterocycles. The molecule has 9 nitrogen and oxygen atoms in total. The van der Waals surface area contributed by atoms with Crippen molar-refractivity contribution in [3.63, 3.8) is 0 Å². The first kappa shape index (κ1) is 22.8. The summed E-state index contributed by atoms with van der Waals surface area (Å²) in [4.78, 5) is 39.4. The van der Waals surface area contributed by atoms with Gasteiger partial charge >= 0.3 is 12.2 Å². The fourth-order valence-corrected chi connectivity index (χ4v) is 4.03. The summed E-state index contributed by atoms with van der Waals surface area (Å²) in [7, 11) is 0. The zero-order valence-corrected chi connectivity index (χ0v) is 18.1. The second kappa shape index (κ2) is 9.60. The summed E-state index contributed by atoms with van der Waals surface area (Å²) >= 11 is 0.